The summed E-state index contributed by atoms with van der Waals surface area (Å²) < 4.78 is 18.0. The Morgan fingerprint density at radius 3 is 0.847 bits per heavy atom. The Morgan fingerprint density at radius 2 is 0.432 bits per heavy atom. The number of hydrogen-bond donors (Lipinski definition) is 0. The zero-order valence-corrected chi connectivity index (χ0v) is 63.7. The molecule has 10 nitrogen and oxygen atoms in total. The van der Waals surface area contributed by atoms with Gasteiger partial charge < -0.3 is 18.0 Å². The fourth-order valence-corrected chi connectivity index (χ4v) is 16.9. The number of nitrogens with zero attached hydrogens (tertiary/aromatic N) is 8. The van der Waals surface area contributed by atoms with Crippen molar-refractivity contribution < 1.29 is 8.83 Å². The monoisotopic (exact) mass is 1510 g/mol. The van der Waals surface area contributed by atoms with Gasteiger partial charge in [-0.2, -0.15) is 0 Å². The third-order valence-electron chi connectivity index (χ3n) is 22.5. The number of furan rings is 2. The minimum atomic E-state index is 0.571. The van der Waals surface area contributed by atoms with Crippen molar-refractivity contribution in [2.45, 2.75) is 0 Å². The molecular formula is C108H68N8O2. The maximum absolute atomic E-state index is 6.69. The molecule has 0 saturated heterocycles. The molecule has 23 rings (SSSR count). The zero-order valence-electron chi connectivity index (χ0n) is 63.7. The van der Waals surface area contributed by atoms with Gasteiger partial charge in [-0.15, -0.1) is 0 Å². The largest absolute Gasteiger partial charge is 0.456 e. The number of aromatic nitrogens is 8. The molecule has 0 aliphatic heterocycles. The molecule has 0 unspecified atom stereocenters. The smallest absolute Gasteiger partial charge is 0.164 e. The van der Waals surface area contributed by atoms with Gasteiger partial charge >= 0.3 is 0 Å². The van der Waals surface area contributed by atoms with Gasteiger partial charge in [-0.05, 0) is 153 Å². The molecule has 6 aromatic heterocycles. The predicted octanol–water partition coefficient (Wildman–Crippen LogP) is 28.1. The number of fused-ring (bicyclic) bond motifs is 12. The molecule has 10 heteroatoms. The highest BCUT2D eigenvalue weighted by Gasteiger charge is 2.23. The van der Waals surface area contributed by atoms with Crippen molar-refractivity contribution in [3.05, 3.63) is 413 Å². The highest BCUT2D eigenvalue weighted by Crippen LogP contribution is 2.45. The van der Waals surface area contributed by atoms with Crippen molar-refractivity contribution in [1.29, 1.82) is 0 Å². The highest BCUT2D eigenvalue weighted by molar-refractivity contribution is 6.17. The van der Waals surface area contributed by atoms with Crippen LogP contribution in [0.25, 0.3) is 223 Å². The topological polar surface area (TPSA) is 113 Å². The van der Waals surface area contributed by atoms with Crippen LogP contribution in [-0.4, -0.2) is 39.0 Å². The second-order valence-electron chi connectivity index (χ2n) is 29.6. The van der Waals surface area contributed by atoms with Crippen molar-refractivity contribution >= 4 is 87.5 Å². The Bertz CT molecular complexity index is 7670. The summed E-state index contributed by atoms with van der Waals surface area (Å²) in [5, 5.41) is 9.13. The van der Waals surface area contributed by atoms with E-state index in [1.54, 1.807) is 0 Å². The predicted molar refractivity (Wildman–Crippen MR) is 483 cm³/mol. The van der Waals surface area contributed by atoms with Gasteiger partial charge in [0.25, 0.3) is 0 Å². The first-order chi connectivity index (χ1) is 58.5. The average Bonchev–Trinajstić information content (AvgIpc) is 1.57. The first kappa shape index (κ1) is 68.7. The van der Waals surface area contributed by atoms with E-state index < -0.39 is 0 Å². The van der Waals surface area contributed by atoms with E-state index >= 15 is 0 Å². The van der Waals surface area contributed by atoms with Gasteiger partial charge in [0.1, 0.15) is 22.3 Å². The van der Waals surface area contributed by atoms with Gasteiger partial charge in [0.05, 0.1) is 22.1 Å². The third kappa shape index (κ3) is 12.5. The first-order valence-corrected chi connectivity index (χ1v) is 39.6. The Hall–Kier alpha value is -16.0. The fourth-order valence-electron chi connectivity index (χ4n) is 16.9. The van der Waals surface area contributed by atoms with Gasteiger partial charge in [-0.25, -0.2) is 29.9 Å². The minimum absolute atomic E-state index is 0.571. The fraction of sp³-hybridized carbons (Fsp3) is 0. The molecule has 0 aliphatic rings. The van der Waals surface area contributed by atoms with E-state index in [1.807, 2.05) is 54.6 Å². The molecule has 0 atom stereocenters. The Labute approximate surface area is 678 Å². The summed E-state index contributed by atoms with van der Waals surface area (Å²) in [5.74, 6) is 3.59. The van der Waals surface area contributed by atoms with Crippen LogP contribution < -0.4 is 0 Å². The molecule has 118 heavy (non-hydrogen) atoms. The lowest BCUT2D eigenvalue weighted by Gasteiger charge is -2.11. The molecular weight excluding hydrogens is 1440 g/mol. The number of para-hydroxylation sites is 4. The second-order valence-corrected chi connectivity index (χ2v) is 29.6. The van der Waals surface area contributed by atoms with Crippen LogP contribution in [0.15, 0.2) is 421 Å². The van der Waals surface area contributed by atoms with Crippen molar-refractivity contribution in [3.63, 3.8) is 0 Å². The summed E-state index contributed by atoms with van der Waals surface area (Å²) in [5.41, 5.74) is 26.8. The summed E-state index contributed by atoms with van der Waals surface area (Å²) >= 11 is 0. The summed E-state index contributed by atoms with van der Waals surface area (Å²) in [7, 11) is 0. The van der Waals surface area contributed by atoms with Gasteiger partial charge in [0, 0.05) is 87.8 Å². The van der Waals surface area contributed by atoms with Crippen molar-refractivity contribution in [1.82, 2.24) is 39.0 Å². The molecule has 0 fully saturated rings. The molecule has 6 heterocycles. The van der Waals surface area contributed by atoms with E-state index in [0.717, 1.165) is 150 Å². The quantitative estimate of drug-likeness (QED) is 0.112. The molecule has 552 valence electrons. The molecule has 0 amide bonds. The molecule has 0 bridgehead atoms. The van der Waals surface area contributed by atoms with Crippen LogP contribution in [-0.2, 0) is 0 Å². The van der Waals surface area contributed by atoms with Gasteiger partial charge in [-0.3, -0.25) is 0 Å². The molecule has 0 N–H and O–H groups in total. The maximum atomic E-state index is 6.69. The van der Waals surface area contributed by atoms with E-state index in [0.29, 0.717) is 34.9 Å². The number of benzene rings is 17. The van der Waals surface area contributed by atoms with E-state index in [-0.39, 0.29) is 0 Å². The SMILES string of the molecule is c1ccc(-c2ccc(-c3nc(-c4ccccc4)nc(-c4ccc5c(c4)oc4cccc(-c6ccc7c8ccccc8n(-c8ccccc8)c7c6)c45)n3)cc2)cc1.c1ccc(-c2cccc(-c3nc(-c4cccc(-c5ccccc5)c4)nc(-c4ccc5c(c4)oc4cccc(-c6ccc7c8ccccc8n(-c8ccccc8)c7c6)c45)n3)c2)cc1. The van der Waals surface area contributed by atoms with Crippen LogP contribution in [0.2, 0.25) is 0 Å². The van der Waals surface area contributed by atoms with Crippen molar-refractivity contribution in [2.24, 2.45) is 0 Å². The molecule has 0 spiro atoms. The second kappa shape index (κ2) is 29.2. The standard InChI is InChI=1S/C57H36N4O.C51H32N4O/c1-4-15-37(16-5-1)39-19-12-21-42(33-39)55-58-56(43-22-13-20-40(34-43)38-17-6-2-7-18-38)60-57(59-55)44-30-32-49-53(36-44)62-52-28-14-26-46(54(49)52)41-29-31-48-47-25-10-11-27-50(47)61(51(48)35-41)45-23-8-3-9-24-45;1-4-13-33(14-5-1)34-23-25-36(26-24-34)50-52-49(35-15-6-2-7-16-35)53-51(54-50)38-28-30-43-47(32-38)56-46-22-12-20-40(48(43)46)37-27-29-42-41-19-10-11-21-44(41)55(45(42)31-37)39-17-8-3-9-18-39/h1-36H;1-32H. The van der Waals surface area contributed by atoms with Gasteiger partial charge in [0.15, 0.2) is 34.9 Å². The van der Waals surface area contributed by atoms with Crippen LogP contribution in [0.3, 0.4) is 0 Å². The van der Waals surface area contributed by atoms with E-state index in [4.69, 9.17) is 38.7 Å². The number of rotatable bonds is 13. The third-order valence-corrected chi connectivity index (χ3v) is 22.5. The van der Waals surface area contributed by atoms with Crippen molar-refractivity contribution in [2.75, 3.05) is 0 Å². The zero-order chi connectivity index (χ0) is 78.0. The summed E-state index contributed by atoms with van der Waals surface area (Å²) in [6, 6.07) is 144. The Kier molecular flexibility index (Phi) is 17.0. The van der Waals surface area contributed by atoms with Gasteiger partial charge in [0.2, 0.25) is 0 Å². The Balaban J connectivity index is 0.000000143. The van der Waals surface area contributed by atoms with Crippen LogP contribution >= 0.6 is 0 Å². The molecule has 23 aromatic rings. The van der Waals surface area contributed by atoms with Crippen LogP contribution in [0.4, 0.5) is 0 Å². The lowest BCUT2D eigenvalue weighted by atomic mass is 9.98. The summed E-state index contributed by atoms with van der Waals surface area (Å²) in [6.07, 6.45) is 0. The molecule has 0 saturated carbocycles. The lowest BCUT2D eigenvalue weighted by Crippen LogP contribution is -2.00. The summed E-state index contributed by atoms with van der Waals surface area (Å²) in [6.45, 7) is 0. The van der Waals surface area contributed by atoms with Crippen LogP contribution in [0.1, 0.15) is 0 Å². The van der Waals surface area contributed by atoms with Crippen LogP contribution in [0, 0.1) is 0 Å². The average molecular weight is 1510 g/mol. The van der Waals surface area contributed by atoms with E-state index in [2.05, 4.69) is 367 Å². The normalized spacial score (nSPS) is 11.6. The molecule has 17 aromatic carbocycles. The van der Waals surface area contributed by atoms with Gasteiger partial charge in [-0.1, -0.05) is 315 Å². The van der Waals surface area contributed by atoms with Crippen molar-refractivity contribution in [3.8, 4) is 135 Å². The van der Waals surface area contributed by atoms with E-state index in [1.165, 1.54) is 38.1 Å². The number of hydrogen-bond acceptors (Lipinski definition) is 8. The molecule has 0 radical (unpaired) electrons. The first-order valence-electron chi connectivity index (χ1n) is 39.6. The maximum Gasteiger partial charge on any atom is 0.164 e. The molecule has 0 aliphatic carbocycles. The highest BCUT2D eigenvalue weighted by atomic mass is 16.3. The van der Waals surface area contributed by atoms with E-state index in [9.17, 15) is 0 Å². The summed E-state index contributed by atoms with van der Waals surface area (Å²) in [4.78, 5) is 30.4. The Morgan fingerprint density at radius 1 is 0.161 bits per heavy atom. The minimum Gasteiger partial charge on any atom is -0.456 e. The van der Waals surface area contributed by atoms with Crippen LogP contribution in [0.5, 0.6) is 0 Å². The lowest BCUT2D eigenvalue weighted by molar-refractivity contribution is 0.668.